The third kappa shape index (κ3) is 13.6. The fourth-order valence-corrected chi connectivity index (χ4v) is 6.30. The number of ether oxygens (including phenoxy) is 10. The molecule has 22 nitrogen and oxygen atoms in total. The molecule has 0 unspecified atom stereocenters. The number of aliphatic hydroxyl groups is 4. The van der Waals surface area contributed by atoms with Gasteiger partial charge in [0.1, 0.15) is 60.4 Å². The number of carboxylic acid groups (broad SMARTS) is 2. The Labute approximate surface area is 330 Å². The predicted octanol–water partition coefficient (Wildman–Crippen LogP) is -1.29. The van der Waals surface area contributed by atoms with Gasteiger partial charge in [0.15, 0.2) is 24.4 Å². The molecule has 58 heavy (non-hydrogen) atoms. The highest BCUT2D eigenvalue weighted by molar-refractivity contribution is 5.83. The minimum absolute atomic E-state index is 0.0749. The van der Waals surface area contributed by atoms with Crippen LogP contribution in [0.15, 0.2) is 49.0 Å². The minimum Gasteiger partial charge on any atom is -0.509 e. The number of rotatable bonds is 14. The van der Waals surface area contributed by atoms with Crippen molar-refractivity contribution >= 4 is 35.8 Å². The van der Waals surface area contributed by atoms with E-state index < -0.39 is 109 Å². The molecule has 6 saturated heterocycles. The molecule has 6 aliphatic heterocycles. The number of esters is 4. The van der Waals surface area contributed by atoms with Gasteiger partial charge in [-0.05, 0) is 12.2 Å². The molecule has 0 aromatic carbocycles. The molecule has 322 valence electrons. The number of hydrogen-bond donors (Lipinski definition) is 6. The molecule has 6 fully saturated rings. The van der Waals surface area contributed by atoms with Gasteiger partial charge in [-0.25, -0.2) is 9.59 Å². The molecule has 0 saturated carbocycles. The van der Waals surface area contributed by atoms with Crippen molar-refractivity contribution in [2.24, 2.45) is 0 Å². The van der Waals surface area contributed by atoms with Gasteiger partial charge < -0.3 is 78.0 Å². The molecule has 22 heteroatoms. The maximum Gasteiger partial charge on any atom is 0.331 e. The van der Waals surface area contributed by atoms with Gasteiger partial charge in [-0.15, -0.1) is 0 Å². The van der Waals surface area contributed by atoms with Crippen molar-refractivity contribution in [1.82, 2.24) is 0 Å². The topological polar surface area (TPSA) is 316 Å². The Morgan fingerprint density at radius 3 is 1.07 bits per heavy atom. The Hall–Kier alpha value is -4.94. The van der Waals surface area contributed by atoms with Crippen LogP contribution in [0.25, 0.3) is 0 Å². The van der Waals surface area contributed by atoms with Crippen LogP contribution in [0, 0.1) is 0 Å². The van der Waals surface area contributed by atoms with Gasteiger partial charge in [0, 0.05) is 12.2 Å². The lowest BCUT2D eigenvalue weighted by atomic mass is 10.1. The number of fused-ring (bicyclic) bond motifs is 3. The fraction of sp³-hybridized carbons (Fsp3) is 0.611. The molecule has 0 bridgehead atoms. The monoisotopic (exact) mass is 830 g/mol. The third-order valence-electron chi connectivity index (χ3n) is 8.94. The zero-order chi connectivity index (χ0) is 42.5. The minimum atomic E-state index is -1.09. The maximum absolute atomic E-state index is 11.6. The van der Waals surface area contributed by atoms with Crippen molar-refractivity contribution in [2.45, 2.75) is 98.9 Å². The number of aliphatic carboxylic acids is 2. The second-order valence-corrected chi connectivity index (χ2v) is 13.4. The molecule has 6 heterocycles. The van der Waals surface area contributed by atoms with E-state index in [1.165, 1.54) is 0 Å². The first kappa shape index (κ1) is 45.8. The quantitative estimate of drug-likeness (QED) is 0.0390. The lowest BCUT2D eigenvalue weighted by Crippen LogP contribution is -2.35. The van der Waals surface area contributed by atoms with Crippen LogP contribution in [0.1, 0.15) is 25.7 Å². The number of carbonyl (C=O) groups is 6. The lowest BCUT2D eigenvalue weighted by Gasteiger charge is -2.16. The summed E-state index contributed by atoms with van der Waals surface area (Å²) in [7, 11) is 0. The van der Waals surface area contributed by atoms with E-state index in [1.807, 2.05) is 0 Å². The third-order valence-corrected chi connectivity index (χ3v) is 8.94. The summed E-state index contributed by atoms with van der Waals surface area (Å²) in [5, 5.41) is 53.6. The summed E-state index contributed by atoms with van der Waals surface area (Å²) in [6, 6.07) is 0. The van der Waals surface area contributed by atoms with Gasteiger partial charge >= 0.3 is 35.8 Å². The number of hydrogen-bond acceptors (Lipinski definition) is 20. The van der Waals surface area contributed by atoms with Crippen molar-refractivity contribution in [2.75, 3.05) is 39.6 Å². The summed E-state index contributed by atoms with van der Waals surface area (Å²) in [6.07, 6.45) is -3.33. The summed E-state index contributed by atoms with van der Waals surface area (Å²) >= 11 is 0. The van der Waals surface area contributed by atoms with E-state index >= 15 is 0 Å². The highest BCUT2D eigenvalue weighted by Crippen LogP contribution is 2.32. The second-order valence-electron chi connectivity index (χ2n) is 13.4. The van der Waals surface area contributed by atoms with Crippen molar-refractivity contribution < 1.29 is 107 Å². The molecule has 0 aliphatic carbocycles. The summed E-state index contributed by atoms with van der Waals surface area (Å²) < 4.78 is 52.5. The van der Waals surface area contributed by atoms with Crippen LogP contribution in [0.5, 0.6) is 0 Å². The van der Waals surface area contributed by atoms with Crippen molar-refractivity contribution in [3.63, 3.8) is 0 Å². The number of carbonyl (C=O) groups excluding carboxylic acids is 4. The number of aliphatic hydroxyl groups excluding tert-OH is 4. The Morgan fingerprint density at radius 1 is 0.448 bits per heavy atom. The molecule has 0 aromatic heterocycles. The Kier molecular flexibility index (Phi) is 17.1. The van der Waals surface area contributed by atoms with Crippen LogP contribution in [0.2, 0.25) is 0 Å². The molecule has 0 radical (unpaired) electrons. The molecule has 6 aliphatic rings. The van der Waals surface area contributed by atoms with Gasteiger partial charge in [0.05, 0.1) is 65.3 Å². The first-order chi connectivity index (χ1) is 27.5. The molecular formula is C36H46O22. The smallest absolute Gasteiger partial charge is 0.331 e. The summed E-state index contributed by atoms with van der Waals surface area (Å²) in [5.74, 6) is -5.19. The average Bonchev–Trinajstić information content (AvgIpc) is 4.02. The standard InChI is InChI=1S/C15H18O9.C11H14O6.C10H14O7/c1-8(16)2-4-12(19)23-9-6-21-15-10(7-22-14(9)15)24-13(20)5-3-11(17)18;1-6(12)2-3-9(14)17-8-5-16-10-7(13)4-15-11(8)10;11-5-3-15-10-6(4-16-9(5)10)17-8(14)2-1-7(12)13/h2,4,9-10,14-16H,1,3,5-7H2,(H,17,18);2-3,7-8,10-13H,1,4-5H2;5-6,9-11H,1-4H2,(H,12,13)/b4-2-;3-2-;/t9-,10-,14+,15+;7-,8-,10+,11+;5-,6-,9+,10+/m000/s1. The summed E-state index contributed by atoms with van der Waals surface area (Å²) in [4.78, 5) is 66.5. The maximum atomic E-state index is 11.6. The first-order valence-electron chi connectivity index (χ1n) is 17.9. The Morgan fingerprint density at radius 2 is 0.741 bits per heavy atom. The van der Waals surface area contributed by atoms with E-state index in [1.54, 1.807) is 0 Å². The zero-order valence-corrected chi connectivity index (χ0v) is 30.9. The van der Waals surface area contributed by atoms with E-state index in [2.05, 4.69) is 13.2 Å². The fourth-order valence-electron chi connectivity index (χ4n) is 6.30. The molecule has 6 N–H and O–H groups in total. The van der Waals surface area contributed by atoms with Gasteiger partial charge in [-0.1, -0.05) is 13.2 Å². The van der Waals surface area contributed by atoms with E-state index in [-0.39, 0.29) is 76.8 Å². The van der Waals surface area contributed by atoms with Crippen LogP contribution < -0.4 is 0 Å². The lowest BCUT2D eigenvalue weighted by molar-refractivity contribution is -0.156. The van der Waals surface area contributed by atoms with Gasteiger partial charge in [0.2, 0.25) is 0 Å². The largest absolute Gasteiger partial charge is 0.509 e. The van der Waals surface area contributed by atoms with Crippen LogP contribution in [0.4, 0.5) is 0 Å². The van der Waals surface area contributed by atoms with Gasteiger partial charge in [-0.3, -0.25) is 19.2 Å². The van der Waals surface area contributed by atoms with E-state index in [0.29, 0.717) is 0 Å². The SMILES string of the molecule is C=C(O)/C=C\C(=O)O[C@H]1CO[C@H]2[C@@H]1OC[C@@H]2O.C=C(O)/C=C\C(=O)O[C@H]1CO[C@H]2[C@@H]1OC[C@@H]2OC(=O)CCC(=O)O.O=C(O)CCC(=O)O[C@H]1CO[C@H]2[C@@H]1OC[C@@H]2O. The Bertz CT molecular complexity index is 1570. The molecule has 0 amide bonds. The molecule has 6 rings (SSSR count). The van der Waals surface area contributed by atoms with Crippen molar-refractivity contribution in [3.05, 3.63) is 49.0 Å². The highest BCUT2D eigenvalue weighted by atomic mass is 16.7. The van der Waals surface area contributed by atoms with Gasteiger partial charge in [0.25, 0.3) is 0 Å². The van der Waals surface area contributed by atoms with Crippen LogP contribution >= 0.6 is 0 Å². The summed E-state index contributed by atoms with van der Waals surface area (Å²) in [5.41, 5.74) is 0. The predicted molar refractivity (Wildman–Crippen MR) is 186 cm³/mol. The van der Waals surface area contributed by atoms with Crippen LogP contribution in [-0.4, -0.2) is 179 Å². The molecule has 12 atom stereocenters. The van der Waals surface area contributed by atoms with E-state index in [4.69, 9.17) is 67.8 Å². The Balaban J connectivity index is 0.000000197. The van der Waals surface area contributed by atoms with Crippen LogP contribution in [0.3, 0.4) is 0 Å². The molecule has 0 spiro atoms. The van der Waals surface area contributed by atoms with E-state index in [0.717, 1.165) is 24.3 Å². The number of allylic oxidation sites excluding steroid dienone is 2. The zero-order valence-electron chi connectivity index (χ0n) is 30.9. The van der Waals surface area contributed by atoms with Crippen LogP contribution in [-0.2, 0) is 76.1 Å². The highest BCUT2D eigenvalue weighted by Gasteiger charge is 2.52. The number of carboxylic acids is 2. The van der Waals surface area contributed by atoms with E-state index in [9.17, 15) is 39.0 Å². The van der Waals surface area contributed by atoms with Gasteiger partial charge in [-0.2, -0.15) is 0 Å². The second kappa shape index (κ2) is 21.7. The normalized spacial score (nSPS) is 32.8. The molecule has 0 aromatic rings. The average molecular weight is 831 g/mol. The molecular weight excluding hydrogens is 784 g/mol. The van der Waals surface area contributed by atoms with Crippen molar-refractivity contribution in [3.8, 4) is 0 Å². The first-order valence-corrected chi connectivity index (χ1v) is 17.9. The summed E-state index contributed by atoms with van der Waals surface area (Å²) in [6.45, 7) is 7.28. The van der Waals surface area contributed by atoms with Crippen molar-refractivity contribution in [1.29, 1.82) is 0 Å².